The second kappa shape index (κ2) is 15.9. The maximum absolute atomic E-state index is 0. The first-order valence-electron chi connectivity index (χ1n) is 0. The van der Waals surface area contributed by atoms with Crippen LogP contribution in [0.1, 0.15) is 0 Å². The Bertz CT molecular complexity index is 8.00. The van der Waals surface area contributed by atoms with Gasteiger partial charge in [0.15, 0.2) is 0 Å². The molecule has 0 aliphatic carbocycles. The van der Waals surface area contributed by atoms with Crippen LogP contribution in [0.2, 0.25) is 0 Å². The van der Waals surface area contributed by atoms with Crippen LogP contribution in [0.25, 0.3) is 0 Å². The van der Waals surface area contributed by atoms with Gasteiger partial charge in [-0.05, 0) is 0 Å². The van der Waals surface area contributed by atoms with Gasteiger partial charge in [0, 0.05) is 112 Å². The first-order chi connectivity index (χ1) is 0. The van der Waals surface area contributed by atoms with E-state index in [1.54, 1.807) is 0 Å². The predicted molar refractivity (Wildman–Crippen MR) is 0 cm³/mol. The third kappa shape index (κ3) is 9.16. The third-order valence-electron chi connectivity index (χ3n) is 0. The van der Waals surface area contributed by atoms with Crippen LogP contribution in [0.15, 0.2) is 0 Å². The fourth-order valence-corrected chi connectivity index (χ4v) is 0. The Balaban J connectivity index is 0. The van der Waals surface area contributed by atoms with Gasteiger partial charge in [0.05, 0.1) is 0 Å². The van der Waals surface area contributed by atoms with Gasteiger partial charge in [-0.15, -0.1) is 0 Å². The van der Waals surface area contributed by atoms with Gasteiger partial charge in [-0.25, -0.2) is 0 Å². The van der Waals surface area contributed by atoms with Gasteiger partial charge in [0.25, 0.3) is 0 Å². The topological polar surface area (TPSA) is 0 Å². The molecule has 0 amide bonds. The van der Waals surface area contributed by atoms with E-state index < -0.39 is 0 Å². The van der Waals surface area contributed by atoms with Crippen molar-refractivity contribution in [3.63, 3.8) is 0 Å². The van der Waals surface area contributed by atoms with Gasteiger partial charge in [-0.3, -0.25) is 0 Å². The van der Waals surface area contributed by atoms with E-state index in [9.17, 15) is 0 Å². The average molecular weight is 431 g/mol. The summed E-state index contributed by atoms with van der Waals surface area (Å²) in [6.45, 7) is 0. The van der Waals surface area contributed by atoms with E-state index in [2.05, 4.69) is 0 Å². The smallest absolute Gasteiger partial charge is 0 e. The molecule has 0 fully saturated rings. The summed E-state index contributed by atoms with van der Waals surface area (Å²) in [4.78, 5) is 0. The molecule has 0 N–H and O–H groups in total. The monoisotopic (exact) mass is 432 g/mol. The van der Waals surface area contributed by atoms with Crippen LogP contribution < -0.4 is 0 Å². The molecule has 0 nitrogen and oxygen atoms in total. The Hall–Kier alpha value is 3.64. The molecule has 0 unspecified atom stereocenters. The second-order valence-corrected chi connectivity index (χ2v) is 0. The van der Waals surface area contributed by atoms with Crippen molar-refractivity contribution >= 4 is 0 Å². The number of hydrogen-bond donors (Lipinski definition) is 0. The van der Waals surface area contributed by atoms with Gasteiger partial charge < -0.3 is 0 Å². The summed E-state index contributed by atoms with van der Waals surface area (Å²) in [5.41, 5.74) is 0. The summed E-state index contributed by atoms with van der Waals surface area (Å²) >= 11 is 0. The van der Waals surface area contributed by atoms with Gasteiger partial charge >= 0.3 is 0 Å². The predicted octanol–water partition coefficient (Wildman–Crippen LogP) is -0.00500. The van der Waals surface area contributed by atoms with Crippen LogP contribution in [0, 0.1) is 78.6 Å². The minimum absolute atomic E-state index is 0. The van der Waals surface area contributed by atoms with E-state index in [1.165, 1.54) is 0 Å². The minimum atomic E-state index is 0. The SMILES string of the molecule is [Co].[Fe].[Gd].[Tb]. The van der Waals surface area contributed by atoms with Crippen LogP contribution in [0.3, 0.4) is 0 Å². The van der Waals surface area contributed by atoms with E-state index in [-0.39, 0.29) is 112 Å². The van der Waals surface area contributed by atoms with Crippen molar-refractivity contribution in [2.45, 2.75) is 0 Å². The van der Waals surface area contributed by atoms with Crippen LogP contribution in [0.4, 0.5) is 0 Å². The van der Waals surface area contributed by atoms with Gasteiger partial charge in [-0.2, -0.15) is 0 Å². The molecule has 0 heterocycles. The Morgan fingerprint density at radius 1 is 1.00 bits per heavy atom. The Morgan fingerprint density at radius 3 is 1.00 bits per heavy atom. The van der Waals surface area contributed by atoms with Gasteiger partial charge in [-0.1, -0.05) is 0 Å². The molecule has 0 bridgehead atoms. The average Bonchev–Trinajstić information content (AvgIpc) is 0. The molecule has 0 saturated carbocycles. The molecule has 0 aromatic heterocycles. The van der Waals surface area contributed by atoms with E-state index in [0.29, 0.717) is 0 Å². The Morgan fingerprint density at radius 2 is 1.00 bits per heavy atom. The van der Waals surface area contributed by atoms with Crippen molar-refractivity contribution < 1.29 is 112 Å². The maximum atomic E-state index is 0. The summed E-state index contributed by atoms with van der Waals surface area (Å²) in [7, 11) is 0. The zero-order chi connectivity index (χ0) is 0. The molecule has 0 atom stereocenters. The summed E-state index contributed by atoms with van der Waals surface area (Å²) in [5, 5.41) is 0. The van der Waals surface area contributed by atoms with Gasteiger partial charge in [0.1, 0.15) is 0 Å². The van der Waals surface area contributed by atoms with Crippen LogP contribution >= 0.6 is 0 Å². The molecule has 0 spiro atoms. The molecule has 0 rings (SSSR count). The zero-order valence-corrected chi connectivity index (χ0v) is 7.93. The molecule has 0 aliphatic rings. The van der Waals surface area contributed by atoms with Crippen molar-refractivity contribution in [2.24, 2.45) is 0 Å². The largest absolute Gasteiger partial charge is 0 e. The summed E-state index contributed by atoms with van der Waals surface area (Å²) in [6.07, 6.45) is 0. The molecule has 4 heteroatoms. The molecular weight excluding hydrogens is 431 g/mol. The summed E-state index contributed by atoms with van der Waals surface area (Å²) < 4.78 is 0. The van der Waals surface area contributed by atoms with Gasteiger partial charge in [0.2, 0.25) is 0 Å². The quantitative estimate of drug-likeness (QED) is 0.474. The molecule has 0 aromatic carbocycles. The Labute approximate surface area is 109 Å². The summed E-state index contributed by atoms with van der Waals surface area (Å²) in [5.74, 6) is 0. The van der Waals surface area contributed by atoms with E-state index in [1.807, 2.05) is 0 Å². The van der Waals surface area contributed by atoms with Crippen molar-refractivity contribution in [3.8, 4) is 0 Å². The standard InChI is InChI=1S/Co.Fe.Gd.Tb. The van der Waals surface area contributed by atoms with E-state index in [4.69, 9.17) is 0 Å². The fourth-order valence-electron chi connectivity index (χ4n) is 0. The molecule has 34 valence electrons. The number of hydrogen-bond acceptors (Lipinski definition) is 0. The Kier molecular flexibility index (Phi) is 101. The maximum Gasteiger partial charge on any atom is 0 e. The third-order valence-corrected chi connectivity index (χ3v) is 0. The molecule has 2 radical (unpaired) electrons. The number of rotatable bonds is 0. The van der Waals surface area contributed by atoms with Crippen molar-refractivity contribution in [1.82, 2.24) is 0 Å². The van der Waals surface area contributed by atoms with Crippen molar-refractivity contribution in [3.05, 3.63) is 0 Å². The van der Waals surface area contributed by atoms with Crippen molar-refractivity contribution in [2.75, 3.05) is 0 Å². The van der Waals surface area contributed by atoms with E-state index >= 15 is 0 Å². The normalized spacial score (nSPS) is 0. The van der Waals surface area contributed by atoms with Crippen LogP contribution in [0.5, 0.6) is 0 Å². The first-order valence-corrected chi connectivity index (χ1v) is 0. The molecule has 4 heavy (non-hydrogen) atoms. The molecule has 0 saturated heterocycles. The van der Waals surface area contributed by atoms with Crippen molar-refractivity contribution in [1.29, 1.82) is 0 Å². The first kappa shape index (κ1) is 25.4. The zero-order valence-electron chi connectivity index (χ0n) is 1.37. The van der Waals surface area contributed by atoms with Crippen LogP contribution in [-0.2, 0) is 33.8 Å². The van der Waals surface area contributed by atoms with E-state index in [0.717, 1.165) is 0 Å². The molecule has 0 aliphatic heterocycles. The molecule has 0 aromatic rings. The second-order valence-electron chi connectivity index (χ2n) is 0. The molecular formula is CoFeGdTb. The summed E-state index contributed by atoms with van der Waals surface area (Å²) in [6, 6.07) is 0. The van der Waals surface area contributed by atoms with Crippen LogP contribution in [-0.4, -0.2) is 0 Å². The minimum Gasteiger partial charge on any atom is 0 e. The fraction of sp³-hybridized carbons (Fsp3) is 0.